The number of rotatable bonds is 8. The zero-order valence-electron chi connectivity index (χ0n) is 12.5. The van der Waals surface area contributed by atoms with Gasteiger partial charge in [-0.3, -0.25) is 9.59 Å². The monoisotopic (exact) mass is 287 g/mol. The maximum absolute atomic E-state index is 11.5. The van der Waals surface area contributed by atoms with Crippen molar-refractivity contribution in [3.63, 3.8) is 0 Å². The summed E-state index contributed by atoms with van der Waals surface area (Å²) in [6.45, 7) is 7.95. The summed E-state index contributed by atoms with van der Waals surface area (Å²) in [4.78, 5) is 33.6. The van der Waals surface area contributed by atoms with Gasteiger partial charge >= 0.3 is 12.0 Å². The fraction of sp³-hybridized carbons (Fsp3) is 0.769. The lowest BCUT2D eigenvalue weighted by Gasteiger charge is -2.18. The summed E-state index contributed by atoms with van der Waals surface area (Å²) in [6, 6.07) is -0.954. The third-order valence-corrected chi connectivity index (χ3v) is 2.84. The number of carbonyl (C=O) groups excluding carboxylic acids is 2. The van der Waals surface area contributed by atoms with Gasteiger partial charge in [-0.15, -0.1) is 0 Å². The molecular weight excluding hydrogens is 262 g/mol. The smallest absolute Gasteiger partial charge is 0.315 e. The Balaban J connectivity index is 3.83. The van der Waals surface area contributed by atoms with Gasteiger partial charge in [-0.05, 0) is 19.8 Å². The van der Waals surface area contributed by atoms with Gasteiger partial charge < -0.3 is 21.1 Å². The number of nitrogens with one attached hydrogen (secondary N) is 3. The Morgan fingerprint density at radius 1 is 1.05 bits per heavy atom. The van der Waals surface area contributed by atoms with E-state index in [1.807, 2.05) is 13.8 Å². The minimum absolute atomic E-state index is 0.119. The maximum Gasteiger partial charge on any atom is 0.315 e. The van der Waals surface area contributed by atoms with Crippen molar-refractivity contribution in [1.82, 2.24) is 16.0 Å². The van der Waals surface area contributed by atoms with E-state index in [1.54, 1.807) is 6.92 Å². The molecular formula is C13H25N3O4. The first kappa shape index (κ1) is 18.2. The van der Waals surface area contributed by atoms with Gasteiger partial charge in [0.2, 0.25) is 5.91 Å². The van der Waals surface area contributed by atoms with Crippen molar-refractivity contribution in [2.24, 2.45) is 11.8 Å². The van der Waals surface area contributed by atoms with E-state index in [9.17, 15) is 14.4 Å². The molecule has 0 aliphatic heterocycles. The van der Waals surface area contributed by atoms with E-state index in [-0.39, 0.29) is 18.9 Å². The van der Waals surface area contributed by atoms with Crippen LogP contribution < -0.4 is 16.0 Å². The molecule has 0 aliphatic carbocycles. The Morgan fingerprint density at radius 2 is 1.65 bits per heavy atom. The van der Waals surface area contributed by atoms with Crippen LogP contribution in [0.15, 0.2) is 0 Å². The first-order valence-electron chi connectivity index (χ1n) is 6.77. The molecule has 4 N–H and O–H groups in total. The van der Waals surface area contributed by atoms with E-state index in [1.165, 1.54) is 6.92 Å². The molecule has 7 nitrogen and oxygen atoms in total. The summed E-state index contributed by atoms with van der Waals surface area (Å²) in [5, 5.41) is 16.6. The zero-order chi connectivity index (χ0) is 15.7. The van der Waals surface area contributed by atoms with Crippen LogP contribution in [-0.2, 0) is 9.59 Å². The molecule has 3 amide bonds. The molecule has 2 atom stereocenters. The first-order chi connectivity index (χ1) is 9.23. The quantitative estimate of drug-likeness (QED) is 0.523. The van der Waals surface area contributed by atoms with Gasteiger partial charge in [-0.25, -0.2) is 4.79 Å². The van der Waals surface area contributed by atoms with Crippen LogP contribution in [0.5, 0.6) is 0 Å². The van der Waals surface area contributed by atoms with Crippen molar-refractivity contribution < 1.29 is 19.5 Å². The number of hydrogen-bond acceptors (Lipinski definition) is 3. The van der Waals surface area contributed by atoms with E-state index < -0.39 is 24.0 Å². The van der Waals surface area contributed by atoms with Crippen molar-refractivity contribution in [2.75, 3.05) is 13.1 Å². The molecule has 0 fully saturated rings. The minimum atomic E-state index is -0.967. The molecule has 20 heavy (non-hydrogen) atoms. The van der Waals surface area contributed by atoms with Gasteiger partial charge in [0.1, 0.15) is 0 Å². The maximum atomic E-state index is 11.5. The topological polar surface area (TPSA) is 108 Å². The molecule has 0 heterocycles. The lowest BCUT2D eigenvalue weighted by atomic mass is 10.0. The highest BCUT2D eigenvalue weighted by Crippen LogP contribution is 2.01. The van der Waals surface area contributed by atoms with Crippen LogP contribution in [-0.4, -0.2) is 42.1 Å². The van der Waals surface area contributed by atoms with Gasteiger partial charge in [0, 0.05) is 25.6 Å². The van der Waals surface area contributed by atoms with Gasteiger partial charge in [0.25, 0.3) is 0 Å². The van der Waals surface area contributed by atoms with Gasteiger partial charge in [-0.1, -0.05) is 13.8 Å². The highest BCUT2D eigenvalue weighted by atomic mass is 16.4. The molecule has 0 aromatic heterocycles. The van der Waals surface area contributed by atoms with Crippen molar-refractivity contribution >= 4 is 17.9 Å². The summed E-state index contributed by atoms with van der Waals surface area (Å²) >= 11 is 0. The van der Waals surface area contributed by atoms with Crippen molar-refractivity contribution in [1.29, 1.82) is 0 Å². The summed E-state index contributed by atoms with van der Waals surface area (Å²) < 4.78 is 0. The molecule has 0 bridgehead atoms. The minimum Gasteiger partial charge on any atom is -0.481 e. The largest absolute Gasteiger partial charge is 0.481 e. The molecule has 2 unspecified atom stereocenters. The summed E-state index contributed by atoms with van der Waals surface area (Å²) in [5.41, 5.74) is 0. The van der Waals surface area contributed by atoms with Crippen LogP contribution in [0.3, 0.4) is 0 Å². The lowest BCUT2D eigenvalue weighted by molar-refractivity contribution is -0.141. The molecule has 0 radical (unpaired) electrons. The number of carboxylic acid groups (broad SMARTS) is 1. The average molecular weight is 287 g/mol. The predicted molar refractivity (Wildman–Crippen MR) is 75.3 cm³/mol. The van der Waals surface area contributed by atoms with Crippen LogP contribution in [0, 0.1) is 11.8 Å². The Hall–Kier alpha value is -1.79. The number of carboxylic acids is 1. The molecule has 0 spiro atoms. The van der Waals surface area contributed by atoms with Crippen LogP contribution in [0.25, 0.3) is 0 Å². The van der Waals surface area contributed by atoms with Crippen molar-refractivity contribution in [3.8, 4) is 0 Å². The molecule has 0 aromatic rings. The van der Waals surface area contributed by atoms with Crippen LogP contribution in [0.2, 0.25) is 0 Å². The van der Waals surface area contributed by atoms with Crippen LogP contribution in [0.1, 0.15) is 34.1 Å². The summed E-state index contributed by atoms with van der Waals surface area (Å²) in [7, 11) is 0. The third kappa shape index (κ3) is 8.34. The second-order valence-electron chi connectivity index (χ2n) is 5.26. The molecule has 0 aliphatic rings. The average Bonchev–Trinajstić information content (AvgIpc) is 2.35. The van der Waals surface area contributed by atoms with Crippen LogP contribution in [0.4, 0.5) is 4.79 Å². The van der Waals surface area contributed by atoms with Gasteiger partial charge in [0.15, 0.2) is 0 Å². The van der Waals surface area contributed by atoms with E-state index in [4.69, 9.17) is 5.11 Å². The molecule has 116 valence electrons. The normalized spacial score (nSPS) is 13.4. The molecule has 0 aromatic carbocycles. The first-order valence-corrected chi connectivity index (χ1v) is 6.77. The number of aliphatic carboxylic acids is 1. The van der Waals surface area contributed by atoms with E-state index in [0.29, 0.717) is 12.5 Å². The predicted octanol–water partition coefficient (Wildman–Crippen LogP) is 0.557. The second kappa shape index (κ2) is 9.17. The second-order valence-corrected chi connectivity index (χ2v) is 5.26. The van der Waals surface area contributed by atoms with Gasteiger partial charge in [-0.2, -0.15) is 0 Å². The number of urea groups is 1. The lowest BCUT2D eigenvalue weighted by Crippen LogP contribution is -2.46. The van der Waals surface area contributed by atoms with E-state index >= 15 is 0 Å². The Morgan fingerprint density at radius 3 is 2.15 bits per heavy atom. The molecule has 0 rings (SSSR count). The summed E-state index contributed by atoms with van der Waals surface area (Å²) in [6.07, 6.45) is 0.197. The van der Waals surface area contributed by atoms with Gasteiger partial charge in [0.05, 0.1) is 5.92 Å². The third-order valence-electron chi connectivity index (χ3n) is 2.84. The highest BCUT2D eigenvalue weighted by molar-refractivity contribution is 5.78. The van der Waals surface area contributed by atoms with Crippen molar-refractivity contribution in [3.05, 3.63) is 0 Å². The fourth-order valence-corrected chi connectivity index (χ4v) is 1.29. The standard InChI is InChI=1S/C13H25N3O4/c1-8(2)7-15-11(17)5-6-14-13(20)16-10(4)9(3)12(18)19/h8-10H,5-7H2,1-4H3,(H,15,17)(H,18,19)(H2,14,16,20). The van der Waals surface area contributed by atoms with Crippen molar-refractivity contribution in [2.45, 2.75) is 40.2 Å². The highest BCUT2D eigenvalue weighted by Gasteiger charge is 2.20. The van der Waals surface area contributed by atoms with Crippen LogP contribution >= 0.6 is 0 Å². The Kier molecular flexibility index (Phi) is 8.35. The number of carbonyl (C=O) groups is 3. The number of amides is 3. The molecule has 0 saturated carbocycles. The summed E-state index contributed by atoms with van der Waals surface area (Å²) in [5.74, 6) is -1.37. The SMILES string of the molecule is CC(C)CNC(=O)CCNC(=O)NC(C)C(C)C(=O)O. The fourth-order valence-electron chi connectivity index (χ4n) is 1.29. The Bertz CT molecular complexity index is 345. The molecule has 7 heteroatoms. The Labute approximate surface area is 119 Å². The zero-order valence-corrected chi connectivity index (χ0v) is 12.5. The van der Waals surface area contributed by atoms with E-state index in [2.05, 4.69) is 16.0 Å². The molecule has 0 saturated heterocycles. The number of hydrogen-bond donors (Lipinski definition) is 4. The van der Waals surface area contributed by atoms with E-state index in [0.717, 1.165) is 0 Å².